The van der Waals surface area contributed by atoms with Crippen molar-refractivity contribution in [2.45, 2.75) is 19.8 Å². The van der Waals surface area contributed by atoms with Crippen LogP contribution in [-0.2, 0) is 6.54 Å². The first-order chi connectivity index (χ1) is 14.8. The Kier molecular flexibility index (Phi) is 5.37. The van der Waals surface area contributed by atoms with Gasteiger partial charge in [0.1, 0.15) is 5.75 Å². The number of rotatable bonds is 5. The zero-order chi connectivity index (χ0) is 22.0. The molecule has 0 spiro atoms. The van der Waals surface area contributed by atoms with Crippen LogP contribution >= 0.6 is 0 Å². The van der Waals surface area contributed by atoms with Gasteiger partial charge in [-0.3, -0.25) is 9.48 Å². The fraction of sp³-hybridized carbons (Fsp3) is 0.130. The Morgan fingerprint density at radius 2 is 1.71 bits per heavy atom. The van der Waals surface area contributed by atoms with Crippen LogP contribution in [0.25, 0.3) is 10.8 Å². The first kappa shape index (κ1) is 20.5. The second kappa shape index (κ2) is 8.14. The molecule has 0 unspecified atom stereocenters. The van der Waals surface area contributed by atoms with E-state index in [4.69, 9.17) is 0 Å². The van der Waals surface area contributed by atoms with E-state index in [1.54, 1.807) is 10.7 Å². The summed E-state index contributed by atoms with van der Waals surface area (Å²) in [6.07, 6.45) is -4.76. The highest BCUT2D eigenvalue weighted by molar-refractivity contribution is 6.02. The Morgan fingerprint density at radius 1 is 1.00 bits per heavy atom. The molecule has 5 nitrogen and oxygen atoms in total. The minimum Gasteiger partial charge on any atom is -0.406 e. The van der Waals surface area contributed by atoms with Gasteiger partial charge in [-0.05, 0) is 59.7 Å². The number of anilines is 1. The number of aromatic nitrogens is 2. The fourth-order valence-electron chi connectivity index (χ4n) is 3.23. The SMILES string of the molecule is Cc1cc(C(=O)Nc2ccc(OC(F)(F)F)cc2)nn1Cc1ccc2ccccc2c1. The van der Waals surface area contributed by atoms with E-state index in [2.05, 4.69) is 21.2 Å². The Balaban J connectivity index is 1.45. The third-order valence-electron chi connectivity index (χ3n) is 4.71. The molecule has 31 heavy (non-hydrogen) atoms. The molecular formula is C23H18F3N3O2. The Hall–Kier alpha value is -3.81. The topological polar surface area (TPSA) is 56.1 Å². The number of amides is 1. The quantitative estimate of drug-likeness (QED) is 0.457. The standard InChI is InChI=1S/C23H18F3N3O2/c1-15-12-21(22(30)27-19-8-10-20(11-9-19)31-23(24,25)26)28-29(15)14-16-6-7-17-4-2-3-5-18(17)13-16/h2-13H,14H2,1H3,(H,27,30). The summed E-state index contributed by atoms with van der Waals surface area (Å²) in [6, 6.07) is 20.8. The Labute approximate surface area is 176 Å². The predicted molar refractivity (Wildman–Crippen MR) is 111 cm³/mol. The van der Waals surface area contributed by atoms with Crippen LogP contribution < -0.4 is 10.1 Å². The lowest BCUT2D eigenvalue weighted by molar-refractivity contribution is -0.274. The van der Waals surface area contributed by atoms with Gasteiger partial charge in [0.15, 0.2) is 5.69 Å². The average Bonchev–Trinajstić information content (AvgIpc) is 3.09. The Morgan fingerprint density at radius 3 is 2.42 bits per heavy atom. The molecule has 0 aliphatic heterocycles. The zero-order valence-electron chi connectivity index (χ0n) is 16.5. The number of nitrogens with one attached hydrogen (secondary N) is 1. The molecule has 1 aromatic heterocycles. The van der Waals surface area contributed by atoms with Gasteiger partial charge in [0, 0.05) is 11.4 Å². The van der Waals surface area contributed by atoms with Crippen LogP contribution in [0.2, 0.25) is 0 Å². The van der Waals surface area contributed by atoms with Crippen LogP contribution in [0.3, 0.4) is 0 Å². The van der Waals surface area contributed by atoms with Gasteiger partial charge in [0.2, 0.25) is 0 Å². The summed E-state index contributed by atoms with van der Waals surface area (Å²) >= 11 is 0. The van der Waals surface area contributed by atoms with Crippen molar-refractivity contribution in [3.8, 4) is 5.75 Å². The summed E-state index contributed by atoms with van der Waals surface area (Å²) in [4.78, 5) is 12.5. The van der Waals surface area contributed by atoms with Crippen molar-refractivity contribution in [3.63, 3.8) is 0 Å². The van der Waals surface area contributed by atoms with E-state index in [-0.39, 0.29) is 11.4 Å². The third-order valence-corrected chi connectivity index (χ3v) is 4.71. The minimum absolute atomic E-state index is 0.217. The molecule has 0 fully saturated rings. The van der Waals surface area contributed by atoms with E-state index in [1.165, 1.54) is 12.1 Å². The highest BCUT2D eigenvalue weighted by atomic mass is 19.4. The average molecular weight is 425 g/mol. The number of carbonyl (C=O) groups is 1. The molecule has 1 N–H and O–H groups in total. The van der Waals surface area contributed by atoms with Gasteiger partial charge in [0.25, 0.3) is 5.91 Å². The van der Waals surface area contributed by atoms with Crippen LogP contribution in [0.5, 0.6) is 5.75 Å². The van der Waals surface area contributed by atoms with E-state index < -0.39 is 12.3 Å². The highest BCUT2D eigenvalue weighted by Gasteiger charge is 2.31. The lowest BCUT2D eigenvalue weighted by Gasteiger charge is -2.09. The van der Waals surface area contributed by atoms with Gasteiger partial charge in [0.05, 0.1) is 6.54 Å². The largest absolute Gasteiger partial charge is 0.573 e. The van der Waals surface area contributed by atoms with Gasteiger partial charge in [-0.15, -0.1) is 13.2 Å². The number of aryl methyl sites for hydroxylation is 1. The number of benzene rings is 3. The number of ether oxygens (including phenoxy) is 1. The van der Waals surface area contributed by atoms with E-state index >= 15 is 0 Å². The number of carbonyl (C=O) groups excluding carboxylic acids is 1. The molecule has 3 aromatic carbocycles. The summed E-state index contributed by atoms with van der Waals surface area (Å²) in [5.41, 5.74) is 2.42. The fourth-order valence-corrected chi connectivity index (χ4v) is 3.23. The molecule has 0 atom stereocenters. The van der Waals surface area contributed by atoms with E-state index in [9.17, 15) is 18.0 Å². The lowest BCUT2D eigenvalue weighted by Crippen LogP contribution is -2.17. The van der Waals surface area contributed by atoms with Crippen molar-refractivity contribution in [3.05, 3.63) is 89.7 Å². The molecule has 4 rings (SSSR count). The summed E-state index contributed by atoms with van der Waals surface area (Å²) in [5, 5.41) is 9.28. The maximum atomic E-state index is 12.5. The first-order valence-electron chi connectivity index (χ1n) is 9.46. The first-order valence-corrected chi connectivity index (χ1v) is 9.46. The third kappa shape index (κ3) is 5.03. The number of fused-ring (bicyclic) bond motifs is 1. The minimum atomic E-state index is -4.76. The van der Waals surface area contributed by atoms with Crippen LogP contribution in [0.15, 0.2) is 72.8 Å². The second-order valence-corrected chi connectivity index (χ2v) is 7.04. The normalized spacial score (nSPS) is 11.5. The molecule has 1 amide bonds. The smallest absolute Gasteiger partial charge is 0.406 e. The van der Waals surface area contributed by atoms with Gasteiger partial charge in [-0.2, -0.15) is 5.10 Å². The molecule has 1 heterocycles. The Bertz CT molecular complexity index is 1230. The van der Waals surface area contributed by atoms with Crippen LogP contribution in [0, 0.1) is 6.92 Å². The van der Waals surface area contributed by atoms with Crippen molar-refractivity contribution < 1.29 is 22.7 Å². The van der Waals surface area contributed by atoms with Crippen LogP contribution in [0.1, 0.15) is 21.7 Å². The number of alkyl halides is 3. The molecule has 0 saturated heterocycles. The molecule has 0 aliphatic rings. The molecule has 4 aromatic rings. The number of nitrogens with zero attached hydrogens (tertiary/aromatic N) is 2. The van der Waals surface area contributed by atoms with E-state index in [0.29, 0.717) is 12.2 Å². The predicted octanol–water partition coefficient (Wildman–Crippen LogP) is 5.54. The lowest BCUT2D eigenvalue weighted by atomic mass is 10.1. The summed E-state index contributed by atoms with van der Waals surface area (Å²) in [7, 11) is 0. The van der Waals surface area contributed by atoms with Crippen molar-refractivity contribution in [1.82, 2.24) is 9.78 Å². The van der Waals surface area contributed by atoms with Crippen molar-refractivity contribution >= 4 is 22.4 Å². The van der Waals surface area contributed by atoms with E-state index in [1.807, 2.05) is 43.3 Å². The molecule has 158 valence electrons. The molecular weight excluding hydrogens is 407 g/mol. The summed E-state index contributed by atoms with van der Waals surface area (Å²) in [5.74, 6) is -0.814. The van der Waals surface area contributed by atoms with Crippen molar-refractivity contribution in [1.29, 1.82) is 0 Å². The van der Waals surface area contributed by atoms with E-state index in [0.717, 1.165) is 34.2 Å². The highest BCUT2D eigenvalue weighted by Crippen LogP contribution is 2.24. The van der Waals surface area contributed by atoms with Crippen molar-refractivity contribution in [2.75, 3.05) is 5.32 Å². The summed E-state index contributed by atoms with van der Waals surface area (Å²) < 4.78 is 42.3. The monoisotopic (exact) mass is 425 g/mol. The maximum absolute atomic E-state index is 12.5. The molecule has 8 heteroatoms. The van der Waals surface area contributed by atoms with Gasteiger partial charge < -0.3 is 10.1 Å². The molecule has 0 saturated carbocycles. The van der Waals surface area contributed by atoms with Gasteiger partial charge in [-0.1, -0.05) is 36.4 Å². The zero-order valence-corrected chi connectivity index (χ0v) is 16.5. The van der Waals surface area contributed by atoms with Crippen LogP contribution in [0.4, 0.5) is 18.9 Å². The van der Waals surface area contributed by atoms with Crippen LogP contribution in [-0.4, -0.2) is 22.1 Å². The van der Waals surface area contributed by atoms with Gasteiger partial charge in [-0.25, -0.2) is 0 Å². The summed E-state index contributed by atoms with van der Waals surface area (Å²) in [6.45, 7) is 2.36. The molecule has 0 aliphatic carbocycles. The maximum Gasteiger partial charge on any atom is 0.573 e. The number of hydrogen-bond acceptors (Lipinski definition) is 3. The number of hydrogen-bond donors (Lipinski definition) is 1. The second-order valence-electron chi connectivity index (χ2n) is 7.04. The van der Waals surface area contributed by atoms with Gasteiger partial charge >= 0.3 is 6.36 Å². The molecule has 0 radical (unpaired) electrons. The van der Waals surface area contributed by atoms with Crippen molar-refractivity contribution in [2.24, 2.45) is 0 Å². The number of halogens is 3. The molecule has 0 bridgehead atoms.